The van der Waals surface area contributed by atoms with Crippen LogP contribution < -0.4 is 14.5 Å². The highest BCUT2D eigenvalue weighted by Gasteiger charge is 2.24. The lowest BCUT2D eigenvalue weighted by molar-refractivity contribution is 0.0741. The lowest BCUT2D eigenvalue weighted by atomic mass is 10.2. The van der Waals surface area contributed by atoms with Crippen LogP contribution in [0, 0.1) is 0 Å². The number of pyridine rings is 1. The van der Waals surface area contributed by atoms with Crippen molar-refractivity contribution in [3.05, 3.63) is 48.3 Å². The van der Waals surface area contributed by atoms with Gasteiger partial charge in [-0.15, -0.1) is 0 Å². The number of nitrogens with zero attached hydrogens (tertiary/aromatic N) is 5. The molecule has 29 heavy (non-hydrogen) atoms. The van der Waals surface area contributed by atoms with E-state index in [0.717, 1.165) is 56.4 Å². The number of benzene rings is 1. The molecule has 2 aliphatic rings. The third kappa shape index (κ3) is 4.29. The molecule has 3 heterocycles. The molecule has 2 saturated heterocycles. The molecule has 0 unspecified atom stereocenters. The number of amides is 1. The zero-order valence-electron chi connectivity index (χ0n) is 17.3. The molecule has 1 amide bonds. The van der Waals surface area contributed by atoms with Gasteiger partial charge >= 0.3 is 0 Å². The Kier molecular flexibility index (Phi) is 5.85. The molecule has 0 spiro atoms. The number of aromatic nitrogens is 1. The number of anilines is 2. The van der Waals surface area contributed by atoms with E-state index in [1.807, 2.05) is 41.4 Å². The molecule has 1 aromatic heterocycles. The first kappa shape index (κ1) is 19.5. The van der Waals surface area contributed by atoms with Gasteiger partial charge in [0, 0.05) is 52.4 Å². The maximum Gasteiger partial charge on any atom is 0.272 e. The molecule has 2 aromatic rings. The lowest BCUT2D eigenvalue weighted by Gasteiger charge is -2.36. The fraction of sp³-hybridized carbons (Fsp3) is 0.455. The molecular formula is C22H29N5O2. The molecule has 0 bridgehead atoms. The standard InChI is InChI=1S/C22H29N5O2/c1-24-9-11-25(12-10-24)18-7-8-19(23-17-18)22(28)27-15-13-26(14-16-27)20-5-3-4-6-21(20)29-2/h3-8,17H,9-16H2,1-2H3. The number of methoxy groups -OCH3 is 1. The number of carbonyl (C=O) groups excluding carboxylic acids is 1. The minimum absolute atomic E-state index is 0.00889. The van der Waals surface area contributed by atoms with Gasteiger partial charge in [0.05, 0.1) is 24.7 Å². The molecule has 2 aliphatic heterocycles. The summed E-state index contributed by atoms with van der Waals surface area (Å²) in [5, 5.41) is 0. The van der Waals surface area contributed by atoms with Gasteiger partial charge in [0.25, 0.3) is 5.91 Å². The Labute approximate surface area is 172 Å². The number of likely N-dealkylation sites (N-methyl/N-ethyl adjacent to an activating group) is 1. The van der Waals surface area contributed by atoms with Crippen LogP contribution in [0.4, 0.5) is 11.4 Å². The van der Waals surface area contributed by atoms with Crippen molar-refractivity contribution < 1.29 is 9.53 Å². The Morgan fingerprint density at radius 3 is 2.24 bits per heavy atom. The number of piperazine rings is 2. The first-order chi connectivity index (χ1) is 14.2. The fourth-order valence-electron chi connectivity index (χ4n) is 3.97. The molecule has 0 atom stereocenters. The van der Waals surface area contributed by atoms with E-state index in [1.54, 1.807) is 7.11 Å². The van der Waals surface area contributed by atoms with Gasteiger partial charge in [0.1, 0.15) is 11.4 Å². The molecule has 7 nitrogen and oxygen atoms in total. The summed E-state index contributed by atoms with van der Waals surface area (Å²) in [7, 11) is 3.83. The summed E-state index contributed by atoms with van der Waals surface area (Å²) in [6, 6.07) is 11.9. The van der Waals surface area contributed by atoms with Gasteiger partial charge in [-0.25, -0.2) is 4.98 Å². The van der Waals surface area contributed by atoms with E-state index in [4.69, 9.17) is 4.74 Å². The number of carbonyl (C=O) groups is 1. The van der Waals surface area contributed by atoms with Gasteiger partial charge in [-0.1, -0.05) is 12.1 Å². The summed E-state index contributed by atoms with van der Waals surface area (Å²) in [5.41, 5.74) is 2.70. The Hall–Kier alpha value is -2.80. The second-order valence-corrected chi connectivity index (χ2v) is 7.64. The molecule has 0 saturated carbocycles. The van der Waals surface area contributed by atoms with Crippen molar-refractivity contribution in [2.45, 2.75) is 0 Å². The van der Waals surface area contributed by atoms with Gasteiger partial charge in [-0.2, -0.15) is 0 Å². The summed E-state index contributed by atoms with van der Waals surface area (Å²) in [5.74, 6) is 0.878. The predicted molar refractivity (Wildman–Crippen MR) is 115 cm³/mol. The number of rotatable bonds is 4. The number of hydrogen-bond acceptors (Lipinski definition) is 6. The van der Waals surface area contributed by atoms with Crippen LogP contribution in [0.15, 0.2) is 42.6 Å². The van der Waals surface area contributed by atoms with Crippen molar-refractivity contribution in [3.8, 4) is 5.75 Å². The Balaban J connectivity index is 1.36. The van der Waals surface area contributed by atoms with Gasteiger partial charge < -0.3 is 24.3 Å². The first-order valence-electron chi connectivity index (χ1n) is 10.2. The summed E-state index contributed by atoms with van der Waals surface area (Å²) in [6.07, 6.45) is 1.84. The first-order valence-corrected chi connectivity index (χ1v) is 10.2. The van der Waals surface area contributed by atoms with Crippen LogP contribution in [0.25, 0.3) is 0 Å². The normalized spacial score (nSPS) is 18.1. The topological polar surface area (TPSA) is 52.2 Å². The van der Waals surface area contributed by atoms with Crippen LogP contribution in [0.3, 0.4) is 0 Å². The molecule has 2 fully saturated rings. The van der Waals surface area contributed by atoms with E-state index < -0.39 is 0 Å². The molecule has 0 radical (unpaired) electrons. The van der Waals surface area contributed by atoms with E-state index in [1.165, 1.54) is 0 Å². The highest BCUT2D eigenvalue weighted by Crippen LogP contribution is 2.28. The van der Waals surface area contributed by atoms with E-state index in [9.17, 15) is 4.79 Å². The Bertz CT molecular complexity index is 825. The summed E-state index contributed by atoms with van der Waals surface area (Å²) < 4.78 is 5.47. The van der Waals surface area contributed by atoms with Crippen LogP contribution >= 0.6 is 0 Å². The molecule has 1 aromatic carbocycles. The fourth-order valence-corrected chi connectivity index (χ4v) is 3.97. The van der Waals surface area contributed by atoms with Crippen molar-refractivity contribution >= 4 is 17.3 Å². The molecular weight excluding hydrogens is 366 g/mol. The van der Waals surface area contributed by atoms with Crippen LogP contribution in [-0.2, 0) is 0 Å². The zero-order valence-corrected chi connectivity index (χ0v) is 17.3. The minimum Gasteiger partial charge on any atom is -0.495 e. The van der Waals surface area contributed by atoms with Gasteiger partial charge in [-0.05, 0) is 31.3 Å². The quantitative estimate of drug-likeness (QED) is 0.787. The minimum atomic E-state index is 0.00889. The van der Waals surface area contributed by atoms with Crippen molar-refractivity contribution in [2.24, 2.45) is 0 Å². The largest absolute Gasteiger partial charge is 0.495 e. The van der Waals surface area contributed by atoms with Crippen LogP contribution in [0.1, 0.15) is 10.5 Å². The smallest absolute Gasteiger partial charge is 0.272 e. The highest BCUT2D eigenvalue weighted by molar-refractivity contribution is 5.92. The van der Waals surface area contributed by atoms with Crippen molar-refractivity contribution in [1.29, 1.82) is 0 Å². The molecule has 7 heteroatoms. The van der Waals surface area contributed by atoms with Gasteiger partial charge in [-0.3, -0.25) is 4.79 Å². The van der Waals surface area contributed by atoms with Crippen LogP contribution in [0.5, 0.6) is 5.75 Å². The molecule has 4 rings (SSSR count). The van der Waals surface area contributed by atoms with E-state index in [0.29, 0.717) is 18.8 Å². The number of ether oxygens (including phenoxy) is 1. The van der Waals surface area contributed by atoms with Crippen molar-refractivity contribution in [3.63, 3.8) is 0 Å². The van der Waals surface area contributed by atoms with Crippen molar-refractivity contribution in [2.75, 3.05) is 76.3 Å². The zero-order chi connectivity index (χ0) is 20.2. The summed E-state index contributed by atoms with van der Waals surface area (Å²) in [4.78, 5) is 26.2. The highest BCUT2D eigenvalue weighted by atomic mass is 16.5. The monoisotopic (exact) mass is 395 g/mol. The molecule has 0 N–H and O–H groups in total. The van der Waals surface area contributed by atoms with E-state index >= 15 is 0 Å². The average molecular weight is 396 g/mol. The van der Waals surface area contributed by atoms with E-state index in [-0.39, 0.29) is 5.91 Å². The molecule has 154 valence electrons. The maximum absolute atomic E-state index is 12.9. The predicted octanol–water partition coefficient (Wildman–Crippen LogP) is 1.80. The third-order valence-corrected chi connectivity index (χ3v) is 5.83. The maximum atomic E-state index is 12.9. The third-order valence-electron chi connectivity index (χ3n) is 5.83. The lowest BCUT2D eigenvalue weighted by Crippen LogP contribution is -2.49. The SMILES string of the molecule is COc1ccccc1N1CCN(C(=O)c2ccc(N3CCN(C)CC3)cn2)CC1. The second kappa shape index (κ2) is 8.69. The second-order valence-electron chi connectivity index (χ2n) is 7.64. The Morgan fingerprint density at radius 1 is 0.897 bits per heavy atom. The Morgan fingerprint density at radius 2 is 1.59 bits per heavy atom. The van der Waals surface area contributed by atoms with Gasteiger partial charge in [0.2, 0.25) is 0 Å². The van der Waals surface area contributed by atoms with Crippen LogP contribution in [-0.4, -0.2) is 87.2 Å². The van der Waals surface area contributed by atoms with Crippen LogP contribution in [0.2, 0.25) is 0 Å². The van der Waals surface area contributed by atoms with Gasteiger partial charge in [0.15, 0.2) is 0 Å². The summed E-state index contributed by atoms with van der Waals surface area (Å²) >= 11 is 0. The number of para-hydroxylation sites is 2. The summed E-state index contributed by atoms with van der Waals surface area (Å²) in [6.45, 7) is 7.02. The molecule has 0 aliphatic carbocycles. The average Bonchev–Trinajstić information content (AvgIpc) is 2.79. The van der Waals surface area contributed by atoms with Crippen molar-refractivity contribution in [1.82, 2.24) is 14.8 Å². The number of hydrogen-bond donors (Lipinski definition) is 0. The van der Waals surface area contributed by atoms with E-state index in [2.05, 4.69) is 32.8 Å².